The zero-order valence-corrected chi connectivity index (χ0v) is 20.5. The first-order valence-corrected chi connectivity index (χ1v) is 7.35. The molecule has 0 bridgehead atoms. The average molecular weight is 496 g/mol. The monoisotopic (exact) mass is 496 g/mol. The number of hydrogen-bond donors (Lipinski definition) is 0. The summed E-state index contributed by atoms with van der Waals surface area (Å²) in [6.45, 7) is 0. The van der Waals surface area contributed by atoms with E-state index >= 15 is 0 Å². The van der Waals surface area contributed by atoms with E-state index in [1.165, 1.54) is 0 Å². The van der Waals surface area contributed by atoms with Gasteiger partial charge in [-0.3, -0.25) is 0 Å². The Bertz CT molecular complexity index is 106. The molecule has 0 aliphatic carbocycles. The maximum absolute atomic E-state index is 8.58. The summed E-state index contributed by atoms with van der Waals surface area (Å²) in [5, 5.41) is 0. The van der Waals surface area contributed by atoms with Gasteiger partial charge in [0.1, 0.15) is 0 Å². The van der Waals surface area contributed by atoms with Crippen molar-refractivity contribution in [2.45, 2.75) is 0 Å². The standard InChI is InChI=1S/2Ca.3O4Si.V.Y/c;;3*1-5(2,3)4;;/q2*+2;3*-4;;+3. The summed E-state index contributed by atoms with van der Waals surface area (Å²) in [4.78, 5) is 103. The van der Waals surface area contributed by atoms with Gasteiger partial charge in [0.2, 0.25) is 0 Å². The molecule has 0 N–H and O–H groups in total. The van der Waals surface area contributed by atoms with Crippen molar-refractivity contribution in [2.24, 2.45) is 0 Å². The minimum absolute atomic E-state index is 0. The molecule has 0 aliphatic heterocycles. The van der Waals surface area contributed by atoms with Crippen LogP contribution in [0.1, 0.15) is 0 Å². The predicted molar refractivity (Wildman–Crippen MR) is 28.8 cm³/mol. The van der Waals surface area contributed by atoms with Gasteiger partial charge in [-0.1, -0.05) is 0 Å². The van der Waals surface area contributed by atoms with Crippen LogP contribution in [0.2, 0.25) is 0 Å². The maximum atomic E-state index is 8.58. The van der Waals surface area contributed by atoms with E-state index in [0.29, 0.717) is 0 Å². The topological polar surface area (TPSA) is 277 Å². The first kappa shape index (κ1) is 43.6. The first-order chi connectivity index (χ1) is 6.00. The molecular weight excluding hydrogens is 496 g/mol. The molecule has 0 aromatic heterocycles. The molecule has 0 aromatic carbocycles. The molecule has 0 fully saturated rings. The van der Waals surface area contributed by atoms with Crippen LogP contribution in [0.15, 0.2) is 0 Å². The molecule has 0 rings (SSSR count). The van der Waals surface area contributed by atoms with E-state index < -0.39 is 27.1 Å². The second kappa shape index (κ2) is 20.4. The van der Waals surface area contributed by atoms with Crippen molar-refractivity contribution in [1.82, 2.24) is 0 Å². The van der Waals surface area contributed by atoms with Crippen molar-refractivity contribution in [3.63, 3.8) is 0 Å². The zero-order chi connectivity index (χ0) is 13.5. The average Bonchev–Trinajstić information content (AvgIpc) is 1.41. The van der Waals surface area contributed by atoms with Crippen LogP contribution in [0, 0.1) is 0 Å². The quantitative estimate of drug-likeness (QED) is 0.283. The molecule has 0 heterocycles. The fraction of sp³-hybridized carbons (Fsp3) is 0. The van der Waals surface area contributed by atoms with Crippen molar-refractivity contribution >= 4 is 103 Å². The van der Waals surface area contributed by atoms with Gasteiger partial charge in [0.15, 0.2) is 0 Å². The van der Waals surface area contributed by atoms with Gasteiger partial charge in [-0.15, -0.1) is 0 Å². The van der Waals surface area contributed by atoms with E-state index in [4.69, 9.17) is 57.5 Å². The second-order valence-electron chi connectivity index (χ2n) is 1.50. The molecule has 0 atom stereocenters. The van der Waals surface area contributed by atoms with Gasteiger partial charge < -0.3 is 84.7 Å². The van der Waals surface area contributed by atoms with Gasteiger partial charge >= 0.3 is 108 Å². The Morgan fingerprint density at radius 3 is 0.368 bits per heavy atom. The summed E-state index contributed by atoms with van der Waals surface area (Å²) in [7, 11) is -16.8. The Hall–Kier alpha value is 4.38. The Morgan fingerprint density at radius 1 is 0.368 bits per heavy atom. The molecule has 101 valence electrons. The van der Waals surface area contributed by atoms with Gasteiger partial charge in [0.25, 0.3) is 0 Å². The summed E-state index contributed by atoms with van der Waals surface area (Å²) in [5.74, 6) is 0. The predicted octanol–water partition coefficient (Wildman–Crippen LogP) is -16.2. The SMILES string of the molecule is [Ca+2].[Ca+2].[O-][Si]([O-])([O-])[O-].[O-][Si]([O-])([O-])[O-].[O-][Si]([O-])([O-])[O-].[V].[Y+3]. The zero-order valence-electron chi connectivity index (χ0n) is 8.84. The Kier molecular flexibility index (Phi) is 46.9. The Labute approximate surface area is 207 Å². The summed E-state index contributed by atoms with van der Waals surface area (Å²) >= 11 is 0. The van der Waals surface area contributed by atoms with Crippen LogP contribution in [0.4, 0.5) is 0 Å². The van der Waals surface area contributed by atoms with Crippen LogP contribution in [0.3, 0.4) is 0 Å². The van der Waals surface area contributed by atoms with E-state index in [1.54, 1.807) is 0 Å². The van der Waals surface area contributed by atoms with Crippen molar-refractivity contribution in [3.8, 4) is 0 Å². The van der Waals surface area contributed by atoms with Gasteiger partial charge in [-0.05, 0) is 0 Å². The Balaban J connectivity index is -0.0000000206. The van der Waals surface area contributed by atoms with Crippen LogP contribution in [0.5, 0.6) is 0 Å². The first-order valence-electron chi connectivity index (χ1n) is 2.45. The van der Waals surface area contributed by atoms with Crippen molar-refractivity contribution in [2.75, 3.05) is 0 Å². The molecule has 19 heavy (non-hydrogen) atoms. The van der Waals surface area contributed by atoms with Gasteiger partial charge in [-0.25, -0.2) is 0 Å². The van der Waals surface area contributed by atoms with Crippen molar-refractivity contribution in [3.05, 3.63) is 0 Å². The Morgan fingerprint density at radius 2 is 0.368 bits per heavy atom. The minimum Gasteiger partial charge on any atom is -0.894 e. The van der Waals surface area contributed by atoms with Crippen LogP contribution in [-0.2, 0) is 51.3 Å². The molecule has 0 spiro atoms. The van der Waals surface area contributed by atoms with Crippen molar-refractivity contribution in [1.29, 1.82) is 0 Å². The van der Waals surface area contributed by atoms with Crippen LogP contribution < -0.4 is 57.5 Å². The van der Waals surface area contributed by atoms with Crippen molar-refractivity contribution < 1.29 is 109 Å². The van der Waals surface area contributed by atoms with Crippen LogP contribution >= 0.6 is 0 Å². The van der Waals surface area contributed by atoms with E-state index in [2.05, 4.69) is 0 Å². The van der Waals surface area contributed by atoms with Crippen LogP contribution in [-0.4, -0.2) is 103 Å². The third kappa shape index (κ3) is 485. The molecular formula is Ca2O12Si3VY-5. The molecule has 0 amide bonds. The van der Waals surface area contributed by atoms with Crippen LogP contribution in [0.25, 0.3) is 0 Å². The van der Waals surface area contributed by atoms with Gasteiger partial charge in [0, 0.05) is 18.6 Å². The van der Waals surface area contributed by atoms with E-state index in [-0.39, 0.29) is 127 Å². The fourth-order valence-electron chi connectivity index (χ4n) is 0. The van der Waals surface area contributed by atoms with E-state index in [1.807, 2.05) is 0 Å². The normalized spacial score (nSPS) is 9.47. The maximum Gasteiger partial charge on any atom is 3.00 e. The molecule has 12 nitrogen and oxygen atoms in total. The summed E-state index contributed by atoms with van der Waals surface area (Å²) in [6, 6.07) is 0. The smallest absolute Gasteiger partial charge is 0.894 e. The summed E-state index contributed by atoms with van der Waals surface area (Å²) < 4.78 is 0. The molecule has 0 saturated heterocycles. The molecule has 0 aliphatic rings. The minimum atomic E-state index is -5.61. The third-order valence-electron chi connectivity index (χ3n) is 0. The molecule has 19 heteroatoms. The molecule has 0 aromatic rings. The number of rotatable bonds is 0. The van der Waals surface area contributed by atoms with E-state index in [9.17, 15) is 0 Å². The fourth-order valence-corrected chi connectivity index (χ4v) is 0. The largest absolute Gasteiger partial charge is 3.00 e. The molecule has 0 unspecified atom stereocenters. The summed E-state index contributed by atoms with van der Waals surface area (Å²) in [5.41, 5.74) is 0. The third-order valence-corrected chi connectivity index (χ3v) is 0. The summed E-state index contributed by atoms with van der Waals surface area (Å²) in [6.07, 6.45) is 0. The molecule has 1 radical (unpaired) electrons. The van der Waals surface area contributed by atoms with Gasteiger partial charge in [-0.2, -0.15) is 0 Å². The number of hydrogen-bond acceptors (Lipinski definition) is 12. The molecule has 0 saturated carbocycles. The second-order valence-corrected chi connectivity index (χ2v) is 4.50. The van der Waals surface area contributed by atoms with E-state index in [0.717, 1.165) is 0 Å². The van der Waals surface area contributed by atoms with Gasteiger partial charge in [0.05, 0.1) is 0 Å².